The van der Waals surface area contributed by atoms with E-state index in [1.165, 1.54) is 13.2 Å². The molecular formula is C8H9O6P. The van der Waals surface area contributed by atoms with Crippen LogP contribution in [0.3, 0.4) is 0 Å². The highest BCUT2D eigenvalue weighted by Gasteiger charge is 2.25. The van der Waals surface area contributed by atoms with Crippen molar-refractivity contribution < 1.29 is 29.0 Å². The number of hydrogen-bond acceptors (Lipinski definition) is 3. The van der Waals surface area contributed by atoms with Crippen molar-refractivity contribution in [2.24, 2.45) is 0 Å². The maximum atomic E-state index is 11.0. The predicted molar refractivity (Wildman–Crippen MR) is 51.6 cm³/mol. The summed E-state index contributed by atoms with van der Waals surface area (Å²) in [5.74, 6) is -1.20. The van der Waals surface area contributed by atoms with Crippen molar-refractivity contribution in [2.75, 3.05) is 7.11 Å². The van der Waals surface area contributed by atoms with Crippen molar-refractivity contribution in [1.29, 1.82) is 0 Å². The Balaban J connectivity index is 3.43. The van der Waals surface area contributed by atoms with Crippen molar-refractivity contribution in [3.63, 3.8) is 0 Å². The minimum atomic E-state index is -4.61. The van der Waals surface area contributed by atoms with Crippen LogP contribution in [0.2, 0.25) is 0 Å². The van der Waals surface area contributed by atoms with E-state index in [4.69, 9.17) is 19.6 Å². The van der Waals surface area contributed by atoms with Gasteiger partial charge in [-0.3, -0.25) is 4.57 Å². The molecule has 0 aromatic heterocycles. The number of rotatable bonds is 3. The van der Waals surface area contributed by atoms with Gasteiger partial charge in [0.2, 0.25) is 0 Å². The zero-order chi connectivity index (χ0) is 11.6. The van der Waals surface area contributed by atoms with E-state index in [1.807, 2.05) is 0 Å². The Morgan fingerprint density at radius 1 is 1.40 bits per heavy atom. The molecule has 0 aliphatic carbocycles. The molecule has 7 heteroatoms. The first-order valence-corrected chi connectivity index (χ1v) is 5.45. The van der Waals surface area contributed by atoms with Crippen LogP contribution in [0.4, 0.5) is 0 Å². The number of benzene rings is 1. The molecule has 0 heterocycles. The highest BCUT2D eigenvalue weighted by Crippen LogP contribution is 2.36. The summed E-state index contributed by atoms with van der Waals surface area (Å²) in [4.78, 5) is 28.5. The normalized spacial score (nSPS) is 11.1. The molecule has 0 saturated carbocycles. The number of carbonyl (C=O) groups is 1. The van der Waals surface area contributed by atoms with Crippen molar-refractivity contribution >= 4 is 18.9 Å². The van der Waals surface area contributed by atoms with Crippen LogP contribution in [0.1, 0.15) is 10.4 Å². The third kappa shape index (κ3) is 2.56. The van der Waals surface area contributed by atoms with Crippen LogP contribution in [0, 0.1) is 0 Å². The molecule has 0 spiro atoms. The average Bonchev–Trinajstić information content (AvgIpc) is 2.15. The average molecular weight is 232 g/mol. The number of ether oxygens (including phenoxy) is 1. The lowest BCUT2D eigenvalue weighted by Gasteiger charge is -2.09. The molecule has 0 aliphatic rings. The number of carboxylic acids is 1. The van der Waals surface area contributed by atoms with E-state index < -0.39 is 24.4 Å². The van der Waals surface area contributed by atoms with Gasteiger partial charge >= 0.3 is 13.6 Å². The van der Waals surface area contributed by atoms with Crippen LogP contribution in [-0.2, 0) is 4.57 Å². The minimum absolute atomic E-state index is 0.193. The van der Waals surface area contributed by atoms with Crippen LogP contribution in [-0.4, -0.2) is 28.0 Å². The maximum absolute atomic E-state index is 11.0. The van der Waals surface area contributed by atoms with Gasteiger partial charge in [-0.15, -0.1) is 0 Å². The lowest BCUT2D eigenvalue weighted by Crippen LogP contribution is -2.15. The molecule has 6 nitrogen and oxygen atoms in total. The topological polar surface area (TPSA) is 104 Å². The number of aromatic carboxylic acids is 1. The van der Waals surface area contributed by atoms with Crippen molar-refractivity contribution in [2.45, 2.75) is 0 Å². The highest BCUT2D eigenvalue weighted by molar-refractivity contribution is 7.60. The summed E-state index contributed by atoms with van der Waals surface area (Å²) in [5.41, 5.74) is -0.427. The van der Waals surface area contributed by atoms with E-state index in [9.17, 15) is 9.36 Å². The fraction of sp³-hybridized carbons (Fsp3) is 0.125. The molecule has 0 fully saturated rings. The van der Waals surface area contributed by atoms with Gasteiger partial charge in [0.25, 0.3) is 0 Å². The molecule has 0 bridgehead atoms. The van der Waals surface area contributed by atoms with Gasteiger partial charge in [0.05, 0.1) is 18.0 Å². The second-order valence-corrected chi connectivity index (χ2v) is 4.30. The summed E-state index contributed by atoms with van der Waals surface area (Å²) >= 11 is 0. The first kappa shape index (κ1) is 11.7. The molecule has 0 unspecified atom stereocenters. The number of carboxylic acid groups (broad SMARTS) is 1. The molecule has 82 valence electrons. The molecule has 1 rings (SSSR count). The van der Waals surface area contributed by atoms with Gasteiger partial charge in [0.1, 0.15) is 5.75 Å². The van der Waals surface area contributed by atoms with E-state index in [2.05, 4.69) is 0 Å². The minimum Gasteiger partial charge on any atom is -0.497 e. The predicted octanol–water partition coefficient (Wildman–Crippen LogP) is 0.196. The zero-order valence-electron chi connectivity index (χ0n) is 7.75. The first-order chi connectivity index (χ1) is 6.86. The first-order valence-electron chi connectivity index (χ1n) is 3.83. The Morgan fingerprint density at radius 3 is 2.40 bits per heavy atom. The van der Waals surface area contributed by atoms with Crippen molar-refractivity contribution in [1.82, 2.24) is 0 Å². The Kier molecular flexibility index (Phi) is 3.14. The molecular weight excluding hydrogens is 223 g/mol. The quantitative estimate of drug-likeness (QED) is 0.643. The van der Waals surface area contributed by atoms with E-state index in [-0.39, 0.29) is 5.75 Å². The third-order valence-electron chi connectivity index (χ3n) is 1.75. The fourth-order valence-corrected chi connectivity index (χ4v) is 1.84. The Morgan fingerprint density at radius 2 is 2.00 bits per heavy atom. The summed E-state index contributed by atoms with van der Waals surface area (Å²) < 4.78 is 15.8. The molecule has 0 radical (unpaired) electrons. The summed E-state index contributed by atoms with van der Waals surface area (Å²) in [6, 6.07) is 3.43. The monoisotopic (exact) mass is 232 g/mol. The van der Waals surface area contributed by atoms with Crippen molar-refractivity contribution in [3.05, 3.63) is 23.8 Å². The molecule has 0 saturated heterocycles. The second-order valence-electron chi connectivity index (χ2n) is 2.73. The van der Waals surface area contributed by atoms with E-state index >= 15 is 0 Å². The van der Waals surface area contributed by atoms with E-state index in [0.29, 0.717) is 0 Å². The van der Waals surface area contributed by atoms with Crippen LogP contribution >= 0.6 is 7.60 Å². The summed E-state index contributed by atoms with van der Waals surface area (Å²) in [6.45, 7) is 0. The fourth-order valence-electron chi connectivity index (χ4n) is 1.06. The van der Waals surface area contributed by atoms with Gasteiger partial charge in [-0.2, -0.15) is 0 Å². The standard InChI is InChI=1S/C8H9O6P/c1-14-5-2-3-6(8(9)10)7(4-5)15(11,12)13/h2-4H,1H3,(H,9,10)(H2,11,12,13). The van der Waals surface area contributed by atoms with Crippen LogP contribution < -0.4 is 10.0 Å². The van der Waals surface area contributed by atoms with Gasteiger partial charge in [0.15, 0.2) is 0 Å². The molecule has 3 N–H and O–H groups in total. The maximum Gasteiger partial charge on any atom is 0.357 e. The number of hydrogen-bond donors (Lipinski definition) is 3. The molecule has 15 heavy (non-hydrogen) atoms. The Hall–Kier alpha value is -1.36. The van der Waals surface area contributed by atoms with Gasteiger partial charge < -0.3 is 19.6 Å². The van der Waals surface area contributed by atoms with Gasteiger partial charge in [-0.1, -0.05) is 0 Å². The van der Waals surface area contributed by atoms with Gasteiger partial charge in [0, 0.05) is 0 Å². The van der Waals surface area contributed by atoms with Crippen LogP contribution in [0.15, 0.2) is 18.2 Å². The molecule has 0 aliphatic heterocycles. The smallest absolute Gasteiger partial charge is 0.357 e. The zero-order valence-corrected chi connectivity index (χ0v) is 8.64. The lowest BCUT2D eigenvalue weighted by atomic mass is 10.2. The van der Waals surface area contributed by atoms with Gasteiger partial charge in [-0.25, -0.2) is 4.79 Å². The molecule has 1 aromatic rings. The summed E-state index contributed by atoms with van der Waals surface area (Å²) in [5, 5.41) is 8.16. The summed E-state index contributed by atoms with van der Waals surface area (Å²) in [6.07, 6.45) is 0. The van der Waals surface area contributed by atoms with Crippen LogP contribution in [0.25, 0.3) is 0 Å². The third-order valence-corrected chi connectivity index (χ3v) is 2.75. The van der Waals surface area contributed by atoms with E-state index in [0.717, 1.165) is 12.1 Å². The SMILES string of the molecule is COc1ccc(C(=O)O)c(P(=O)(O)O)c1. The van der Waals surface area contributed by atoms with Crippen molar-refractivity contribution in [3.8, 4) is 5.75 Å². The lowest BCUT2D eigenvalue weighted by molar-refractivity contribution is 0.0697. The number of methoxy groups -OCH3 is 1. The molecule has 0 atom stereocenters. The van der Waals surface area contributed by atoms with E-state index in [1.54, 1.807) is 0 Å². The Labute approximate surface area is 85.3 Å². The largest absolute Gasteiger partial charge is 0.497 e. The molecule has 1 aromatic carbocycles. The Bertz CT molecular complexity index is 435. The van der Waals surface area contributed by atoms with Gasteiger partial charge in [-0.05, 0) is 18.2 Å². The van der Waals surface area contributed by atoms with Crippen LogP contribution in [0.5, 0.6) is 5.75 Å². The second kappa shape index (κ2) is 4.02. The summed E-state index contributed by atoms with van der Waals surface area (Å²) in [7, 11) is -3.29. The highest BCUT2D eigenvalue weighted by atomic mass is 31.2. The molecule has 0 amide bonds.